The summed E-state index contributed by atoms with van der Waals surface area (Å²) in [4.78, 5) is 16.7. The van der Waals surface area contributed by atoms with E-state index >= 15 is 0 Å². The highest BCUT2D eigenvalue weighted by Gasteiger charge is 2.14. The molecule has 168 valence electrons. The van der Waals surface area contributed by atoms with E-state index in [0.29, 0.717) is 28.6 Å². The van der Waals surface area contributed by atoms with Crippen molar-refractivity contribution >= 4 is 33.5 Å². The highest BCUT2D eigenvalue weighted by molar-refractivity contribution is 9.10. The Hall–Kier alpha value is -3.09. The van der Waals surface area contributed by atoms with Crippen molar-refractivity contribution in [2.75, 3.05) is 7.11 Å². The minimum atomic E-state index is -0.402. The molecule has 5 nitrogen and oxygen atoms in total. The Bertz CT molecular complexity index is 1280. The van der Waals surface area contributed by atoms with Gasteiger partial charge in [-0.15, -0.1) is 0 Å². The summed E-state index contributed by atoms with van der Waals surface area (Å²) in [6.45, 7) is 2.14. The topological polar surface area (TPSA) is 61.6 Å². The van der Waals surface area contributed by atoms with Gasteiger partial charge in [0.15, 0.2) is 5.89 Å². The maximum absolute atomic E-state index is 12.0. The van der Waals surface area contributed by atoms with Gasteiger partial charge in [0.25, 0.3) is 0 Å². The van der Waals surface area contributed by atoms with Gasteiger partial charge in [0, 0.05) is 27.0 Å². The van der Waals surface area contributed by atoms with Gasteiger partial charge in [-0.25, -0.2) is 9.78 Å². The van der Waals surface area contributed by atoms with Gasteiger partial charge in [-0.05, 0) is 61.0 Å². The third-order valence-corrected chi connectivity index (χ3v) is 5.81. The second-order valence-electron chi connectivity index (χ2n) is 7.43. The van der Waals surface area contributed by atoms with Gasteiger partial charge < -0.3 is 13.9 Å². The summed E-state index contributed by atoms with van der Waals surface area (Å²) in [6.07, 6.45) is 0.568. The molecule has 0 N–H and O–H groups in total. The summed E-state index contributed by atoms with van der Waals surface area (Å²) < 4.78 is 17.4. The summed E-state index contributed by atoms with van der Waals surface area (Å²) in [7, 11) is 1.36. The van der Waals surface area contributed by atoms with Gasteiger partial charge in [-0.1, -0.05) is 45.7 Å². The summed E-state index contributed by atoms with van der Waals surface area (Å²) >= 11 is 9.45. The SMILES string of the molecule is COC(=O)c1cc(Br)ccc1COc1ccc(-c2nc(Cc3cccc(Cl)c3)oc2C)cc1. The third kappa shape index (κ3) is 5.64. The van der Waals surface area contributed by atoms with Gasteiger partial charge in [0.05, 0.1) is 12.7 Å². The molecule has 0 saturated heterocycles. The molecule has 0 spiro atoms. The molecular weight excluding hydrogens is 506 g/mol. The molecule has 0 saturated carbocycles. The van der Waals surface area contributed by atoms with Crippen LogP contribution >= 0.6 is 27.5 Å². The average molecular weight is 527 g/mol. The molecule has 0 radical (unpaired) electrons. The van der Waals surface area contributed by atoms with Crippen LogP contribution in [0, 0.1) is 6.92 Å². The number of benzene rings is 3. The third-order valence-electron chi connectivity index (χ3n) is 5.08. The Labute approximate surface area is 205 Å². The van der Waals surface area contributed by atoms with Crippen LogP contribution < -0.4 is 4.74 Å². The molecule has 0 aliphatic carbocycles. The number of ether oxygens (including phenoxy) is 2. The Morgan fingerprint density at radius 1 is 1.09 bits per heavy atom. The Morgan fingerprint density at radius 3 is 2.61 bits per heavy atom. The molecule has 7 heteroatoms. The van der Waals surface area contributed by atoms with E-state index in [4.69, 9.17) is 25.5 Å². The van der Waals surface area contributed by atoms with Crippen molar-refractivity contribution in [1.29, 1.82) is 0 Å². The van der Waals surface area contributed by atoms with Crippen molar-refractivity contribution in [3.8, 4) is 17.0 Å². The van der Waals surface area contributed by atoms with Crippen molar-refractivity contribution < 1.29 is 18.7 Å². The first-order valence-electron chi connectivity index (χ1n) is 10.2. The maximum atomic E-state index is 12.0. The maximum Gasteiger partial charge on any atom is 0.338 e. The van der Waals surface area contributed by atoms with E-state index in [1.165, 1.54) is 7.11 Å². The molecular formula is C26H21BrClNO4. The van der Waals surface area contributed by atoms with Crippen LogP contribution in [0.1, 0.15) is 33.1 Å². The van der Waals surface area contributed by atoms with Crippen LogP contribution in [-0.2, 0) is 17.8 Å². The van der Waals surface area contributed by atoms with E-state index in [-0.39, 0.29) is 6.61 Å². The van der Waals surface area contributed by atoms with E-state index in [1.54, 1.807) is 6.07 Å². The minimum absolute atomic E-state index is 0.240. The van der Waals surface area contributed by atoms with Crippen LogP contribution in [0.5, 0.6) is 5.75 Å². The van der Waals surface area contributed by atoms with Crippen LogP contribution in [0.3, 0.4) is 0 Å². The monoisotopic (exact) mass is 525 g/mol. The fourth-order valence-corrected chi connectivity index (χ4v) is 4.03. The van der Waals surface area contributed by atoms with Crippen molar-refractivity contribution in [3.63, 3.8) is 0 Å². The number of aromatic nitrogens is 1. The largest absolute Gasteiger partial charge is 0.489 e. The number of carbonyl (C=O) groups is 1. The lowest BCUT2D eigenvalue weighted by molar-refractivity contribution is 0.0597. The number of halogens is 2. The van der Waals surface area contributed by atoms with Crippen molar-refractivity contribution in [2.24, 2.45) is 0 Å². The molecule has 0 aliphatic rings. The fourth-order valence-electron chi connectivity index (χ4n) is 3.46. The smallest absolute Gasteiger partial charge is 0.338 e. The van der Waals surface area contributed by atoms with E-state index in [1.807, 2.05) is 67.6 Å². The Kier molecular flexibility index (Phi) is 7.16. The second-order valence-corrected chi connectivity index (χ2v) is 8.78. The van der Waals surface area contributed by atoms with Crippen LogP contribution in [-0.4, -0.2) is 18.1 Å². The van der Waals surface area contributed by atoms with E-state index in [9.17, 15) is 4.79 Å². The molecule has 33 heavy (non-hydrogen) atoms. The molecule has 0 aliphatic heterocycles. The molecule has 0 bridgehead atoms. The van der Waals surface area contributed by atoms with Crippen molar-refractivity contribution in [1.82, 2.24) is 4.98 Å². The molecule has 0 amide bonds. The minimum Gasteiger partial charge on any atom is -0.489 e. The predicted octanol–water partition coefficient (Wildman–Crippen LogP) is 7.02. The van der Waals surface area contributed by atoms with E-state index in [2.05, 4.69) is 20.9 Å². The first-order valence-corrected chi connectivity index (χ1v) is 11.4. The fraction of sp³-hybridized carbons (Fsp3) is 0.154. The van der Waals surface area contributed by atoms with Gasteiger partial charge in [-0.2, -0.15) is 0 Å². The molecule has 4 aromatic rings. The van der Waals surface area contributed by atoms with Gasteiger partial charge in [0.1, 0.15) is 23.8 Å². The number of rotatable bonds is 7. The number of esters is 1. The molecule has 1 aromatic heterocycles. The number of hydrogen-bond donors (Lipinski definition) is 0. The Balaban J connectivity index is 1.46. The highest BCUT2D eigenvalue weighted by atomic mass is 79.9. The molecule has 0 unspecified atom stereocenters. The van der Waals surface area contributed by atoms with Gasteiger partial charge in [0.2, 0.25) is 0 Å². The number of oxazole rings is 1. The van der Waals surface area contributed by atoms with Crippen molar-refractivity contribution in [2.45, 2.75) is 20.0 Å². The Morgan fingerprint density at radius 2 is 1.88 bits per heavy atom. The molecule has 0 atom stereocenters. The normalized spacial score (nSPS) is 10.8. The average Bonchev–Trinajstić information content (AvgIpc) is 3.17. The number of nitrogens with zero attached hydrogens (tertiary/aromatic N) is 1. The number of aryl methyl sites for hydroxylation is 1. The van der Waals surface area contributed by atoms with Crippen LogP contribution in [0.2, 0.25) is 5.02 Å². The molecule has 0 fully saturated rings. The predicted molar refractivity (Wildman–Crippen MR) is 131 cm³/mol. The first-order chi connectivity index (χ1) is 15.9. The van der Waals surface area contributed by atoms with E-state index in [0.717, 1.165) is 32.6 Å². The second kappa shape index (κ2) is 10.2. The lowest BCUT2D eigenvalue weighted by Crippen LogP contribution is -2.08. The quantitative estimate of drug-likeness (QED) is 0.242. The first kappa shape index (κ1) is 23.1. The lowest BCUT2D eigenvalue weighted by atomic mass is 10.1. The summed E-state index contributed by atoms with van der Waals surface area (Å²) in [5.41, 5.74) is 3.97. The molecule has 1 heterocycles. The number of hydrogen-bond acceptors (Lipinski definition) is 5. The van der Waals surface area contributed by atoms with Crippen LogP contribution in [0.25, 0.3) is 11.3 Å². The standard InChI is InChI=1S/C26H21BrClNO4/c1-16-25(29-24(33-16)13-17-4-3-5-21(28)12-17)18-7-10-22(11-8-18)32-15-19-6-9-20(27)14-23(19)26(30)31-2/h3-12,14H,13,15H2,1-2H3. The van der Waals surface area contributed by atoms with Gasteiger partial charge in [-0.3, -0.25) is 0 Å². The summed E-state index contributed by atoms with van der Waals surface area (Å²) in [6, 6.07) is 20.7. The van der Waals surface area contributed by atoms with Gasteiger partial charge >= 0.3 is 5.97 Å². The van der Waals surface area contributed by atoms with E-state index < -0.39 is 5.97 Å². The highest BCUT2D eigenvalue weighted by Crippen LogP contribution is 2.27. The summed E-state index contributed by atoms with van der Waals surface area (Å²) in [5.74, 6) is 1.66. The van der Waals surface area contributed by atoms with Crippen LogP contribution in [0.4, 0.5) is 0 Å². The zero-order valence-electron chi connectivity index (χ0n) is 18.1. The zero-order valence-corrected chi connectivity index (χ0v) is 20.4. The van der Waals surface area contributed by atoms with Crippen molar-refractivity contribution in [3.05, 3.63) is 105 Å². The zero-order chi connectivity index (χ0) is 23.4. The number of carbonyl (C=O) groups excluding carboxylic acids is 1. The lowest BCUT2D eigenvalue weighted by Gasteiger charge is -2.11. The molecule has 3 aromatic carbocycles. The summed E-state index contributed by atoms with van der Waals surface area (Å²) in [5, 5.41) is 0.688. The van der Waals surface area contributed by atoms with Crippen LogP contribution in [0.15, 0.2) is 75.6 Å². The number of methoxy groups -OCH3 is 1. The molecule has 4 rings (SSSR count).